The summed E-state index contributed by atoms with van der Waals surface area (Å²) in [5, 5.41) is 9.87. The van der Waals surface area contributed by atoms with Gasteiger partial charge < -0.3 is 9.52 Å². The molecule has 0 aliphatic rings. The number of benzene rings is 2. The van der Waals surface area contributed by atoms with Crippen LogP contribution in [0.4, 0.5) is 0 Å². The molecular weight excluding hydrogens is 332 g/mol. The Labute approximate surface area is 151 Å². The Bertz CT molecular complexity index is 1000. The number of fused-ring (bicyclic) bond motifs is 1. The van der Waals surface area contributed by atoms with Crippen molar-refractivity contribution in [3.63, 3.8) is 0 Å². The van der Waals surface area contributed by atoms with Crippen molar-refractivity contribution in [3.05, 3.63) is 75.5 Å². The third-order valence-corrected chi connectivity index (χ3v) is 4.46. The van der Waals surface area contributed by atoms with Gasteiger partial charge in [-0.15, -0.1) is 0 Å². The van der Waals surface area contributed by atoms with Crippen molar-refractivity contribution in [2.45, 2.75) is 19.8 Å². The van der Waals surface area contributed by atoms with Crippen LogP contribution in [-0.2, 0) is 6.42 Å². The summed E-state index contributed by atoms with van der Waals surface area (Å²) < 4.78 is 6.70. The van der Waals surface area contributed by atoms with E-state index in [0.717, 1.165) is 29.7 Å². The van der Waals surface area contributed by atoms with E-state index in [0.29, 0.717) is 15.5 Å². The van der Waals surface area contributed by atoms with E-state index in [9.17, 15) is 9.90 Å². The molecule has 0 saturated carbocycles. The van der Waals surface area contributed by atoms with Gasteiger partial charge in [0.05, 0.1) is 10.1 Å². The van der Waals surface area contributed by atoms with E-state index in [1.54, 1.807) is 12.1 Å². The fraction of sp³-hybridized carbons (Fsp3) is 0.143. The minimum atomic E-state index is -0.971. The van der Waals surface area contributed by atoms with Gasteiger partial charge in [-0.3, -0.25) is 0 Å². The Balaban J connectivity index is 2.16. The summed E-state index contributed by atoms with van der Waals surface area (Å²) in [5.41, 5.74) is 2.83. The van der Waals surface area contributed by atoms with Crippen LogP contribution in [0.15, 0.2) is 52.9 Å². The van der Waals surface area contributed by atoms with Crippen LogP contribution >= 0.6 is 12.2 Å². The summed E-state index contributed by atoms with van der Waals surface area (Å²) in [4.78, 5) is 11.2. The Morgan fingerprint density at radius 1 is 1.16 bits per heavy atom. The van der Waals surface area contributed by atoms with Gasteiger partial charge in [-0.1, -0.05) is 62.0 Å². The van der Waals surface area contributed by atoms with Gasteiger partial charge >= 0.3 is 5.97 Å². The summed E-state index contributed by atoms with van der Waals surface area (Å²) in [5.74, 6) is -0.243. The predicted octanol–water partition coefficient (Wildman–Crippen LogP) is 5.98. The first-order chi connectivity index (χ1) is 12.1. The van der Waals surface area contributed by atoms with Crippen LogP contribution in [0.5, 0.6) is 0 Å². The Kier molecular flexibility index (Phi) is 5.10. The molecule has 25 heavy (non-hydrogen) atoms. The maximum atomic E-state index is 11.2. The van der Waals surface area contributed by atoms with Gasteiger partial charge in [-0.05, 0) is 36.3 Å². The van der Waals surface area contributed by atoms with E-state index < -0.39 is 5.97 Å². The first-order valence-corrected chi connectivity index (χ1v) is 8.57. The first kappa shape index (κ1) is 17.1. The molecule has 0 bridgehead atoms. The van der Waals surface area contributed by atoms with Crippen LogP contribution in [0.3, 0.4) is 0 Å². The molecule has 0 saturated heterocycles. The normalized spacial score (nSPS) is 11.2. The van der Waals surface area contributed by atoms with Gasteiger partial charge in [0.15, 0.2) is 0 Å². The van der Waals surface area contributed by atoms with Crippen molar-refractivity contribution in [1.82, 2.24) is 0 Å². The van der Waals surface area contributed by atoms with Crippen LogP contribution in [0.2, 0.25) is 0 Å². The first-order valence-electron chi connectivity index (χ1n) is 8.16. The average Bonchev–Trinajstić information content (AvgIpc) is 2.63. The lowest BCUT2D eigenvalue weighted by Crippen LogP contribution is -1.97. The summed E-state index contributed by atoms with van der Waals surface area (Å²) in [6, 6.07) is 14.8. The molecule has 126 valence electrons. The van der Waals surface area contributed by atoms with Gasteiger partial charge in [0.25, 0.3) is 0 Å². The number of carboxylic acids is 1. The molecule has 0 unspecified atom stereocenters. The fourth-order valence-electron chi connectivity index (χ4n) is 2.74. The van der Waals surface area contributed by atoms with Gasteiger partial charge in [0.2, 0.25) is 0 Å². The maximum Gasteiger partial charge on any atom is 0.335 e. The van der Waals surface area contributed by atoms with E-state index >= 15 is 0 Å². The number of aromatic carboxylic acids is 1. The standard InChI is InChI=1S/C21H18O3S/c1-2-6-16-18(11-9-14-7-4-3-5-8-14)24-19-12-10-15(21(22)23)13-17(19)20(16)25/h3-5,7-13H,2,6H2,1H3,(H,22,23). The van der Waals surface area contributed by atoms with E-state index in [-0.39, 0.29) is 5.56 Å². The molecule has 0 atom stereocenters. The zero-order valence-corrected chi connectivity index (χ0v) is 14.7. The van der Waals surface area contributed by atoms with Crippen molar-refractivity contribution in [3.8, 4) is 0 Å². The number of carboxylic acid groups (broad SMARTS) is 1. The highest BCUT2D eigenvalue weighted by atomic mass is 32.1. The Morgan fingerprint density at radius 3 is 2.60 bits per heavy atom. The number of hydrogen-bond donors (Lipinski definition) is 1. The van der Waals surface area contributed by atoms with Crippen LogP contribution in [0.25, 0.3) is 23.1 Å². The van der Waals surface area contributed by atoms with Crippen molar-refractivity contribution < 1.29 is 14.3 Å². The van der Waals surface area contributed by atoms with E-state index in [1.165, 1.54) is 6.07 Å². The highest BCUT2D eigenvalue weighted by molar-refractivity contribution is 7.71. The quantitative estimate of drug-likeness (QED) is 0.575. The predicted molar refractivity (Wildman–Crippen MR) is 103 cm³/mol. The molecule has 1 heterocycles. The number of rotatable bonds is 5. The molecule has 0 amide bonds. The van der Waals surface area contributed by atoms with Crippen molar-refractivity contribution in [1.29, 1.82) is 0 Å². The van der Waals surface area contributed by atoms with Crippen LogP contribution in [0, 0.1) is 4.51 Å². The van der Waals surface area contributed by atoms with Gasteiger partial charge in [-0.2, -0.15) is 0 Å². The van der Waals surface area contributed by atoms with Crippen LogP contribution in [-0.4, -0.2) is 11.1 Å². The van der Waals surface area contributed by atoms with Crippen LogP contribution in [0.1, 0.15) is 40.6 Å². The molecule has 3 nitrogen and oxygen atoms in total. The monoisotopic (exact) mass is 350 g/mol. The highest BCUT2D eigenvalue weighted by Gasteiger charge is 2.12. The second-order valence-electron chi connectivity index (χ2n) is 5.78. The highest BCUT2D eigenvalue weighted by Crippen LogP contribution is 2.26. The SMILES string of the molecule is CCCc1c(C=Cc2ccccc2)oc2ccc(C(=O)O)cc2c1=S. The summed E-state index contributed by atoms with van der Waals surface area (Å²) in [6.07, 6.45) is 5.63. The average molecular weight is 350 g/mol. The number of carbonyl (C=O) groups is 1. The van der Waals surface area contributed by atoms with Gasteiger partial charge in [0, 0.05) is 10.9 Å². The van der Waals surface area contributed by atoms with E-state index in [4.69, 9.17) is 16.6 Å². The molecule has 0 fully saturated rings. The minimum Gasteiger partial charge on any atom is -0.478 e. The molecule has 2 aromatic carbocycles. The maximum absolute atomic E-state index is 11.2. The van der Waals surface area contributed by atoms with E-state index in [2.05, 4.69) is 6.92 Å². The lowest BCUT2D eigenvalue weighted by molar-refractivity contribution is 0.0697. The molecule has 0 spiro atoms. The topological polar surface area (TPSA) is 50.4 Å². The second-order valence-corrected chi connectivity index (χ2v) is 6.19. The molecule has 1 N–H and O–H groups in total. The Morgan fingerprint density at radius 2 is 1.92 bits per heavy atom. The zero-order valence-electron chi connectivity index (χ0n) is 13.9. The number of hydrogen-bond acceptors (Lipinski definition) is 3. The molecule has 0 radical (unpaired) electrons. The summed E-state index contributed by atoms with van der Waals surface area (Å²) >= 11 is 5.64. The third kappa shape index (κ3) is 3.69. The molecule has 4 heteroatoms. The minimum absolute atomic E-state index is 0.212. The zero-order chi connectivity index (χ0) is 17.8. The molecular formula is C21H18O3S. The fourth-order valence-corrected chi connectivity index (χ4v) is 3.10. The molecule has 0 aliphatic heterocycles. The molecule has 3 aromatic rings. The van der Waals surface area contributed by atoms with Crippen molar-refractivity contribution in [2.75, 3.05) is 0 Å². The van der Waals surface area contributed by atoms with Crippen molar-refractivity contribution in [2.24, 2.45) is 0 Å². The summed E-state index contributed by atoms with van der Waals surface area (Å²) in [7, 11) is 0. The molecule has 3 rings (SSSR count). The lowest BCUT2D eigenvalue weighted by atomic mass is 10.0. The summed E-state index contributed by atoms with van der Waals surface area (Å²) in [6.45, 7) is 2.08. The largest absolute Gasteiger partial charge is 0.478 e. The second kappa shape index (κ2) is 7.45. The Hall–Kier alpha value is -2.72. The van der Waals surface area contributed by atoms with Crippen molar-refractivity contribution >= 4 is 41.3 Å². The van der Waals surface area contributed by atoms with Gasteiger partial charge in [0.1, 0.15) is 11.3 Å². The lowest BCUT2D eigenvalue weighted by Gasteiger charge is -2.09. The smallest absolute Gasteiger partial charge is 0.335 e. The molecule has 1 aromatic heterocycles. The van der Waals surface area contributed by atoms with Crippen LogP contribution < -0.4 is 0 Å². The van der Waals surface area contributed by atoms with E-state index in [1.807, 2.05) is 42.5 Å². The van der Waals surface area contributed by atoms with Gasteiger partial charge in [-0.25, -0.2) is 4.79 Å². The third-order valence-electron chi connectivity index (χ3n) is 3.99. The molecule has 0 aliphatic carbocycles.